The summed E-state index contributed by atoms with van der Waals surface area (Å²) in [6.45, 7) is 1.92. The van der Waals surface area contributed by atoms with Gasteiger partial charge in [0.05, 0.1) is 0 Å². The monoisotopic (exact) mass is 364 g/mol. The number of nitrogens with one attached hydrogen (secondary N) is 2. The Bertz CT molecular complexity index is 775. The Morgan fingerprint density at radius 2 is 1.91 bits per heavy atom. The Balaban J connectivity index is 1.96. The molecule has 2 aromatic rings. The maximum atomic E-state index is 11.9. The summed E-state index contributed by atoms with van der Waals surface area (Å²) >= 11 is 17.1. The number of benzene rings is 2. The predicted octanol–water partition coefficient (Wildman–Crippen LogP) is 4.83. The second-order valence-corrected chi connectivity index (χ2v) is 6.01. The van der Waals surface area contributed by atoms with Crippen LogP contribution in [0.4, 0.5) is 5.69 Å². The van der Waals surface area contributed by atoms with E-state index in [0.717, 1.165) is 16.8 Å². The summed E-state index contributed by atoms with van der Waals surface area (Å²) in [7, 11) is 0. The maximum absolute atomic E-state index is 11.9. The van der Waals surface area contributed by atoms with Gasteiger partial charge in [-0.1, -0.05) is 47.5 Å². The third-order valence-electron chi connectivity index (χ3n) is 3.00. The minimum Gasteiger partial charge on any atom is -0.332 e. The van der Waals surface area contributed by atoms with Crippen molar-refractivity contribution in [2.45, 2.75) is 6.92 Å². The van der Waals surface area contributed by atoms with E-state index in [1.54, 1.807) is 24.3 Å². The first kappa shape index (κ1) is 17.5. The molecule has 23 heavy (non-hydrogen) atoms. The molecule has 0 saturated carbocycles. The average molecular weight is 365 g/mol. The van der Waals surface area contributed by atoms with Crippen LogP contribution in [0.25, 0.3) is 6.08 Å². The van der Waals surface area contributed by atoms with Gasteiger partial charge in [0.15, 0.2) is 5.11 Å². The van der Waals surface area contributed by atoms with E-state index in [2.05, 4.69) is 10.6 Å². The lowest BCUT2D eigenvalue weighted by Crippen LogP contribution is -2.33. The molecule has 0 aliphatic heterocycles. The molecular formula is C17H14Cl2N2OS. The Kier molecular flexibility index (Phi) is 6.16. The van der Waals surface area contributed by atoms with E-state index in [1.807, 2.05) is 31.2 Å². The summed E-state index contributed by atoms with van der Waals surface area (Å²) in [6.07, 6.45) is 3.00. The van der Waals surface area contributed by atoms with Crippen molar-refractivity contribution in [1.82, 2.24) is 5.32 Å². The van der Waals surface area contributed by atoms with Crippen LogP contribution in [0.5, 0.6) is 0 Å². The van der Waals surface area contributed by atoms with Gasteiger partial charge in [0.2, 0.25) is 5.91 Å². The molecule has 0 heterocycles. The molecule has 0 unspecified atom stereocenters. The summed E-state index contributed by atoms with van der Waals surface area (Å²) < 4.78 is 0. The van der Waals surface area contributed by atoms with Gasteiger partial charge in [0.1, 0.15) is 0 Å². The highest BCUT2D eigenvalue weighted by atomic mass is 35.5. The van der Waals surface area contributed by atoms with E-state index >= 15 is 0 Å². The number of anilines is 1. The largest absolute Gasteiger partial charge is 0.332 e. The van der Waals surface area contributed by atoms with Crippen molar-refractivity contribution < 1.29 is 4.79 Å². The van der Waals surface area contributed by atoms with Crippen molar-refractivity contribution in [2.24, 2.45) is 0 Å². The number of aryl methyl sites for hydroxylation is 1. The lowest BCUT2D eigenvalue weighted by molar-refractivity contribution is -0.115. The summed E-state index contributed by atoms with van der Waals surface area (Å²) in [5, 5.41) is 6.88. The van der Waals surface area contributed by atoms with Crippen molar-refractivity contribution in [2.75, 3.05) is 5.32 Å². The molecule has 0 aliphatic carbocycles. The average Bonchev–Trinajstić information content (AvgIpc) is 2.50. The summed E-state index contributed by atoms with van der Waals surface area (Å²) in [5.41, 5.74) is 2.48. The third kappa shape index (κ3) is 5.36. The van der Waals surface area contributed by atoms with Crippen LogP contribution in [0.2, 0.25) is 10.0 Å². The molecule has 2 aromatic carbocycles. The van der Waals surface area contributed by atoms with E-state index in [4.69, 9.17) is 35.4 Å². The van der Waals surface area contributed by atoms with Crippen LogP contribution in [-0.2, 0) is 4.79 Å². The first-order valence-corrected chi connectivity index (χ1v) is 7.93. The zero-order valence-electron chi connectivity index (χ0n) is 12.3. The second kappa shape index (κ2) is 8.11. The molecule has 2 N–H and O–H groups in total. The molecule has 2 rings (SSSR count). The van der Waals surface area contributed by atoms with Gasteiger partial charge in [-0.05, 0) is 54.5 Å². The zero-order chi connectivity index (χ0) is 16.8. The van der Waals surface area contributed by atoms with Crippen LogP contribution in [0.3, 0.4) is 0 Å². The Hall–Kier alpha value is -1.88. The number of amides is 1. The van der Waals surface area contributed by atoms with E-state index in [1.165, 1.54) is 6.08 Å². The smallest absolute Gasteiger partial charge is 0.250 e. The van der Waals surface area contributed by atoms with E-state index in [-0.39, 0.29) is 11.0 Å². The topological polar surface area (TPSA) is 41.1 Å². The van der Waals surface area contributed by atoms with Gasteiger partial charge in [-0.25, -0.2) is 0 Å². The van der Waals surface area contributed by atoms with Crippen LogP contribution in [-0.4, -0.2) is 11.0 Å². The minimum atomic E-state index is -0.345. The molecule has 0 fully saturated rings. The highest BCUT2D eigenvalue weighted by Crippen LogP contribution is 2.20. The summed E-state index contributed by atoms with van der Waals surface area (Å²) in [5.74, 6) is -0.345. The number of halogens is 2. The van der Waals surface area contributed by atoms with Crippen LogP contribution in [0.1, 0.15) is 11.1 Å². The highest BCUT2D eigenvalue weighted by molar-refractivity contribution is 7.80. The molecule has 6 heteroatoms. The van der Waals surface area contributed by atoms with Gasteiger partial charge in [0, 0.05) is 21.8 Å². The van der Waals surface area contributed by atoms with Crippen LogP contribution in [0.15, 0.2) is 48.5 Å². The SMILES string of the molecule is Cc1ccc(Cl)cc1NC(=S)NC(=O)/C=C/c1ccccc1Cl. The molecule has 0 radical (unpaired) electrons. The fraction of sp³-hybridized carbons (Fsp3) is 0.0588. The lowest BCUT2D eigenvalue weighted by atomic mass is 10.2. The molecule has 3 nitrogen and oxygen atoms in total. The molecule has 118 valence electrons. The summed E-state index contributed by atoms with van der Waals surface area (Å²) in [6, 6.07) is 12.6. The third-order valence-corrected chi connectivity index (χ3v) is 3.79. The molecule has 0 aromatic heterocycles. The highest BCUT2D eigenvalue weighted by Gasteiger charge is 2.05. The fourth-order valence-electron chi connectivity index (χ4n) is 1.81. The van der Waals surface area contributed by atoms with Crippen LogP contribution in [0, 0.1) is 6.92 Å². The first-order valence-electron chi connectivity index (χ1n) is 6.76. The van der Waals surface area contributed by atoms with Crippen molar-refractivity contribution in [1.29, 1.82) is 0 Å². The van der Waals surface area contributed by atoms with Crippen molar-refractivity contribution in [3.05, 3.63) is 69.7 Å². The quantitative estimate of drug-likeness (QED) is 0.605. The predicted molar refractivity (Wildman–Crippen MR) is 101 cm³/mol. The van der Waals surface area contributed by atoms with Crippen molar-refractivity contribution in [3.63, 3.8) is 0 Å². The number of hydrogen-bond donors (Lipinski definition) is 2. The Morgan fingerprint density at radius 3 is 2.65 bits per heavy atom. The number of rotatable bonds is 3. The number of carbonyl (C=O) groups excluding carboxylic acids is 1. The molecule has 0 bridgehead atoms. The van der Waals surface area contributed by atoms with E-state index in [0.29, 0.717) is 10.0 Å². The van der Waals surface area contributed by atoms with Gasteiger partial charge < -0.3 is 5.32 Å². The molecular weight excluding hydrogens is 351 g/mol. The molecule has 0 atom stereocenters. The first-order chi connectivity index (χ1) is 11.0. The number of hydrogen-bond acceptors (Lipinski definition) is 2. The van der Waals surface area contributed by atoms with Crippen LogP contribution < -0.4 is 10.6 Å². The molecule has 0 saturated heterocycles. The molecule has 0 aliphatic rings. The Labute approximate surface area is 150 Å². The lowest BCUT2D eigenvalue weighted by Gasteiger charge is -2.11. The fourth-order valence-corrected chi connectivity index (χ4v) is 2.39. The Morgan fingerprint density at radius 1 is 1.17 bits per heavy atom. The number of thiocarbonyl (C=S) groups is 1. The van der Waals surface area contributed by atoms with Gasteiger partial charge in [-0.2, -0.15) is 0 Å². The van der Waals surface area contributed by atoms with E-state index in [9.17, 15) is 4.79 Å². The van der Waals surface area contributed by atoms with Gasteiger partial charge in [0.25, 0.3) is 0 Å². The molecule has 0 spiro atoms. The number of carbonyl (C=O) groups is 1. The molecule has 1 amide bonds. The van der Waals surface area contributed by atoms with Crippen molar-refractivity contribution in [3.8, 4) is 0 Å². The van der Waals surface area contributed by atoms with Gasteiger partial charge in [-0.15, -0.1) is 0 Å². The second-order valence-electron chi connectivity index (χ2n) is 4.76. The van der Waals surface area contributed by atoms with Gasteiger partial charge >= 0.3 is 0 Å². The van der Waals surface area contributed by atoms with Crippen molar-refractivity contribution >= 4 is 58.2 Å². The standard InChI is InChI=1S/C17H14Cl2N2OS/c1-11-6-8-13(18)10-15(11)20-17(23)21-16(22)9-7-12-4-2-3-5-14(12)19/h2-10H,1H3,(H2,20,21,22,23)/b9-7+. The summed E-state index contributed by atoms with van der Waals surface area (Å²) in [4.78, 5) is 11.9. The van der Waals surface area contributed by atoms with Gasteiger partial charge in [-0.3, -0.25) is 10.1 Å². The van der Waals surface area contributed by atoms with Crippen LogP contribution >= 0.6 is 35.4 Å². The normalized spacial score (nSPS) is 10.6. The maximum Gasteiger partial charge on any atom is 0.250 e. The van der Waals surface area contributed by atoms with E-state index < -0.39 is 0 Å². The zero-order valence-corrected chi connectivity index (χ0v) is 14.6. The minimum absolute atomic E-state index is 0.198.